The van der Waals surface area contributed by atoms with Crippen LogP contribution in [0, 0.1) is 30.1 Å². The Kier molecular flexibility index (Phi) is 2.75. The molecule has 1 aliphatic heterocycles. The molecule has 2 heteroatoms. The Bertz CT molecular complexity index is 214. The van der Waals surface area contributed by atoms with E-state index in [0.717, 1.165) is 6.42 Å². The summed E-state index contributed by atoms with van der Waals surface area (Å²) in [6.45, 7) is 4.40. The van der Waals surface area contributed by atoms with E-state index in [1.807, 2.05) is 13.8 Å². The van der Waals surface area contributed by atoms with Gasteiger partial charge in [-0.3, -0.25) is 4.79 Å². The second-order valence-electron chi connectivity index (χ2n) is 3.36. The summed E-state index contributed by atoms with van der Waals surface area (Å²) in [7, 11) is 0. The van der Waals surface area contributed by atoms with Crippen LogP contribution in [0.1, 0.15) is 20.3 Å². The van der Waals surface area contributed by atoms with Crippen molar-refractivity contribution >= 4 is 5.97 Å². The van der Waals surface area contributed by atoms with Gasteiger partial charge in [0, 0.05) is 5.92 Å². The highest BCUT2D eigenvalue weighted by Gasteiger charge is 2.32. The highest BCUT2D eigenvalue weighted by Crippen LogP contribution is 2.28. The second kappa shape index (κ2) is 3.62. The Morgan fingerprint density at radius 2 is 2.42 bits per heavy atom. The van der Waals surface area contributed by atoms with E-state index in [4.69, 9.17) is 11.2 Å². The van der Waals surface area contributed by atoms with Crippen molar-refractivity contribution in [2.75, 3.05) is 6.61 Å². The van der Waals surface area contributed by atoms with Crippen LogP contribution in [-0.2, 0) is 9.53 Å². The minimum atomic E-state index is -0.103. The topological polar surface area (TPSA) is 26.3 Å². The van der Waals surface area contributed by atoms with Gasteiger partial charge in [0.1, 0.15) is 0 Å². The van der Waals surface area contributed by atoms with Gasteiger partial charge >= 0.3 is 5.97 Å². The molecule has 1 fully saturated rings. The summed E-state index contributed by atoms with van der Waals surface area (Å²) < 4.78 is 4.91. The largest absolute Gasteiger partial charge is 0.465 e. The summed E-state index contributed by atoms with van der Waals surface area (Å²) in [4.78, 5) is 11.1. The molecule has 0 spiro atoms. The van der Waals surface area contributed by atoms with Crippen molar-refractivity contribution in [3.8, 4) is 12.3 Å². The molecule has 0 radical (unpaired) electrons. The number of carbonyl (C=O) groups excluding carboxylic acids is 1. The number of esters is 1. The fourth-order valence-corrected chi connectivity index (χ4v) is 1.66. The average Bonchev–Trinajstić information content (AvgIpc) is 2.08. The molecule has 1 aliphatic rings. The van der Waals surface area contributed by atoms with Gasteiger partial charge in [0.15, 0.2) is 0 Å². The van der Waals surface area contributed by atoms with Crippen LogP contribution < -0.4 is 0 Å². The highest BCUT2D eigenvalue weighted by atomic mass is 16.5. The molecule has 0 aromatic rings. The summed E-state index contributed by atoms with van der Waals surface area (Å²) in [5.74, 6) is 3.01. The molecule has 3 atom stereocenters. The number of carbonyl (C=O) groups is 1. The lowest BCUT2D eigenvalue weighted by Gasteiger charge is -2.29. The van der Waals surface area contributed by atoms with E-state index >= 15 is 0 Å². The molecular weight excluding hydrogens is 152 g/mol. The molecule has 0 unspecified atom stereocenters. The molecule has 12 heavy (non-hydrogen) atoms. The number of cyclic esters (lactones) is 1. The molecule has 0 saturated carbocycles. The normalized spacial score (nSPS) is 31.9. The van der Waals surface area contributed by atoms with Gasteiger partial charge in [0.05, 0.1) is 12.5 Å². The first-order valence-electron chi connectivity index (χ1n) is 4.29. The third kappa shape index (κ3) is 1.61. The summed E-state index contributed by atoms with van der Waals surface area (Å²) in [6, 6.07) is 0. The van der Waals surface area contributed by atoms with Crippen LogP contribution in [0.15, 0.2) is 0 Å². The monoisotopic (exact) mass is 166 g/mol. The van der Waals surface area contributed by atoms with E-state index in [2.05, 4.69) is 5.92 Å². The lowest BCUT2D eigenvalue weighted by atomic mass is 9.80. The number of terminal acetylenes is 1. The van der Waals surface area contributed by atoms with Crippen LogP contribution in [0.4, 0.5) is 0 Å². The first kappa shape index (κ1) is 9.12. The lowest BCUT2D eigenvalue weighted by Crippen LogP contribution is -2.33. The summed E-state index contributed by atoms with van der Waals surface area (Å²) in [5, 5.41) is 0. The van der Waals surface area contributed by atoms with Crippen molar-refractivity contribution in [2.45, 2.75) is 20.3 Å². The van der Waals surface area contributed by atoms with E-state index in [0.29, 0.717) is 12.5 Å². The molecule has 1 saturated heterocycles. The van der Waals surface area contributed by atoms with Gasteiger partial charge in [-0.25, -0.2) is 0 Å². The van der Waals surface area contributed by atoms with E-state index in [1.165, 1.54) is 0 Å². The maximum absolute atomic E-state index is 11.1. The molecule has 0 aromatic heterocycles. The molecule has 1 rings (SSSR count). The smallest absolute Gasteiger partial charge is 0.308 e. The third-order valence-corrected chi connectivity index (χ3v) is 2.61. The fourth-order valence-electron chi connectivity index (χ4n) is 1.66. The zero-order valence-electron chi connectivity index (χ0n) is 7.54. The number of ether oxygens (including phenoxy) is 1. The first-order chi connectivity index (χ1) is 5.66. The summed E-state index contributed by atoms with van der Waals surface area (Å²) in [5.41, 5.74) is 0. The zero-order chi connectivity index (χ0) is 9.14. The molecule has 0 N–H and O–H groups in total. The summed E-state index contributed by atoms with van der Waals surface area (Å²) in [6.07, 6.45) is 6.21. The van der Waals surface area contributed by atoms with E-state index in [1.54, 1.807) is 0 Å². The highest BCUT2D eigenvalue weighted by molar-refractivity contribution is 5.73. The molecule has 0 amide bonds. The molecule has 0 bridgehead atoms. The Labute approximate surface area is 73.3 Å². The van der Waals surface area contributed by atoms with Crippen molar-refractivity contribution in [1.29, 1.82) is 0 Å². The number of hydrogen-bond acceptors (Lipinski definition) is 2. The quantitative estimate of drug-likeness (QED) is 0.435. The van der Waals surface area contributed by atoms with E-state index < -0.39 is 0 Å². The van der Waals surface area contributed by atoms with Gasteiger partial charge in [0.25, 0.3) is 0 Å². The minimum absolute atomic E-state index is 0.0372. The van der Waals surface area contributed by atoms with Crippen LogP contribution in [0.5, 0.6) is 0 Å². The molecule has 0 aliphatic carbocycles. The third-order valence-electron chi connectivity index (χ3n) is 2.61. The minimum Gasteiger partial charge on any atom is -0.465 e. The van der Waals surface area contributed by atoms with Crippen LogP contribution in [-0.4, -0.2) is 12.6 Å². The fraction of sp³-hybridized carbons (Fsp3) is 0.700. The van der Waals surface area contributed by atoms with Gasteiger partial charge in [-0.15, -0.1) is 12.3 Å². The van der Waals surface area contributed by atoms with Crippen molar-refractivity contribution in [3.05, 3.63) is 0 Å². The van der Waals surface area contributed by atoms with Crippen molar-refractivity contribution < 1.29 is 9.53 Å². The predicted octanol–water partition coefficient (Wildman–Crippen LogP) is 1.45. The number of rotatable bonds is 1. The maximum atomic E-state index is 11.1. The maximum Gasteiger partial charge on any atom is 0.308 e. The first-order valence-corrected chi connectivity index (χ1v) is 4.29. The molecule has 0 aromatic carbocycles. The van der Waals surface area contributed by atoms with Crippen LogP contribution in [0.2, 0.25) is 0 Å². The van der Waals surface area contributed by atoms with E-state index in [9.17, 15) is 4.79 Å². The van der Waals surface area contributed by atoms with E-state index in [-0.39, 0.29) is 17.8 Å². The average molecular weight is 166 g/mol. The van der Waals surface area contributed by atoms with Crippen LogP contribution in [0.25, 0.3) is 0 Å². The SMILES string of the molecule is C#C[C@@H](C)[C@H]1CCOC(=O)[C@@H]1C. The standard InChI is InChI=1S/C10H14O2/c1-4-7(2)9-5-6-12-10(11)8(9)3/h1,7-9H,5-6H2,2-3H3/t7-,8-,9-/m1/s1. The second-order valence-corrected chi connectivity index (χ2v) is 3.36. The van der Waals surface area contributed by atoms with Gasteiger partial charge < -0.3 is 4.74 Å². The van der Waals surface area contributed by atoms with Gasteiger partial charge in [-0.05, 0) is 12.3 Å². The van der Waals surface area contributed by atoms with Crippen molar-refractivity contribution in [3.63, 3.8) is 0 Å². The number of hydrogen-bond donors (Lipinski definition) is 0. The molecule has 2 nitrogen and oxygen atoms in total. The van der Waals surface area contributed by atoms with Crippen molar-refractivity contribution in [2.24, 2.45) is 17.8 Å². The van der Waals surface area contributed by atoms with Gasteiger partial charge in [-0.1, -0.05) is 13.8 Å². The lowest BCUT2D eigenvalue weighted by molar-refractivity contribution is -0.156. The van der Waals surface area contributed by atoms with Crippen LogP contribution in [0.3, 0.4) is 0 Å². The van der Waals surface area contributed by atoms with Crippen molar-refractivity contribution in [1.82, 2.24) is 0 Å². The Hall–Kier alpha value is -0.970. The Morgan fingerprint density at radius 3 is 3.00 bits per heavy atom. The molecule has 66 valence electrons. The van der Waals surface area contributed by atoms with Gasteiger partial charge in [-0.2, -0.15) is 0 Å². The molecular formula is C10H14O2. The Morgan fingerprint density at radius 1 is 1.75 bits per heavy atom. The van der Waals surface area contributed by atoms with Gasteiger partial charge in [0.2, 0.25) is 0 Å². The Balaban J connectivity index is 2.65. The van der Waals surface area contributed by atoms with Crippen LogP contribution >= 0.6 is 0 Å². The summed E-state index contributed by atoms with van der Waals surface area (Å²) >= 11 is 0. The molecule has 1 heterocycles. The zero-order valence-corrected chi connectivity index (χ0v) is 7.54. The predicted molar refractivity (Wildman–Crippen MR) is 46.2 cm³/mol.